The molecule has 0 aromatic heterocycles. The average Bonchev–Trinajstić information content (AvgIpc) is 3.06. The van der Waals surface area contributed by atoms with Crippen LogP contribution >= 0.6 is 0 Å². The van der Waals surface area contributed by atoms with Crippen molar-refractivity contribution in [3.63, 3.8) is 0 Å². The molecule has 0 spiro atoms. The Balaban J connectivity index is 1.41. The van der Waals surface area contributed by atoms with Gasteiger partial charge in [0, 0.05) is 50.0 Å². The van der Waals surface area contributed by atoms with E-state index in [1.807, 2.05) is 24.3 Å². The van der Waals surface area contributed by atoms with Crippen LogP contribution in [0.3, 0.4) is 0 Å². The zero-order chi connectivity index (χ0) is 20.1. The summed E-state index contributed by atoms with van der Waals surface area (Å²) in [5.41, 5.74) is 7.40. The van der Waals surface area contributed by atoms with E-state index in [1.54, 1.807) is 0 Å². The molecule has 0 aliphatic carbocycles. The number of hydrogen-bond acceptors (Lipinski definition) is 6. The van der Waals surface area contributed by atoms with Crippen LogP contribution < -0.4 is 16.0 Å². The molecule has 4 N–H and O–H groups in total. The lowest BCUT2D eigenvalue weighted by Crippen LogP contribution is -2.47. The second kappa shape index (κ2) is 9.05. The number of amides is 1. The molecule has 0 unspecified atom stereocenters. The predicted molar refractivity (Wildman–Crippen MR) is 107 cm³/mol. The smallest absolute Gasteiger partial charge is 0.306 e. The summed E-state index contributed by atoms with van der Waals surface area (Å²) in [6, 6.07) is 7.94. The fourth-order valence-corrected chi connectivity index (χ4v) is 3.90. The third kappa shape index (κ3) is 5.01. The summed E-state index contributed by atoms with van der Waals surface area (Å²) in [5, 5.41) is 10.5. The number of amidine groups is 1. The number of nitrogens with two attached hydrogens (primary N) is 1. The highest BCUT2D eigenvalue weighted by molar-refractivity contribution is 5.95. The molecule has 0 saturated carbocycles. The fourth-order valence-electron chi connectivity index (χ4n) is 3.90. The van der Waals surface area contributed by atoms with Crippen molar-refractivity contribution >= 4 is 23.4 Å². The van der Waals surface area contributed by atoms with Crippen LogP contribution in [0.15, 0.2) is 24.3 Å². The lowest BCUT2D eigenvalue weighted by molar-refractivity contribution is -0.143. The van der Waals surface area contributed by atoms with Crippen LogP contribution in [0.1, 0.15) is 24.8 Å². The van der Waals surface area contributed by atoms with E-state index in [-0.39, 0.29) is 36.1 Å². The molecule has 2 aliphatic heterocycles. The van der Waals surface area contributed by atoms with Crippen LogP contribution in [-0.4, -0.2) is 68.5 Å². The molecule has 2 fully saturated rings. The Labute approximate surface area is 165 Å². The third-order valence-corrected chi connectivity index (χ3v) is 5.64. The second-order valence-corrected chi connectivity index (χ2v) is 7.50. The molecule has 1 aromatic rings. The number of nitrogens with zero attached hydrogens (tertiary/aromatic N) is 2. The van der Waals surface area contributed by atoms with Crippen molar-refractivity contribution < 1.29 is 14.3 Å². The molecule has 8 nitrogen and oxygen atoms in total. The minimum Gasteiger partial charge on any atom is -0.469 e. The summed E-state index contributed by atoms with van der Waals surface area (Å²) in [6.07, 6.45) is 1.77. The summed E-state index contributed by atoms with van der Waals surface area (Å²) in [6.45, 7) is 4.78. The van der Waals surface area contributed by atoms with Crippen LogP contribution in [-0.2, 0) is 14.3 Å². The van der Waals surface area contributed by atoms with E-state index in [2.05, 4.69) is 19.9 Å². The number of ether oxygens (including phenoxy) is 1. The molecule has 3 rings (SSSR count). The summed E-state index contributed by atoms with van der Waals surface area (Å²) in [7, 11) is 1.35. The Morgan fingerprint density at radius 2 is 1.93 bits per heavy atom. The molecule has 2 heterocycles. The molecular weight excluding hydrogens is 358 g/mol. The fraction of sp³-hybridized carbons (Fsp3) is 0.550. The highest BCUT2D eigenvalue weighted by Gasteiger charge is 2.33. The molecule has 2 aliphatic rings. The first-order chi connectivity index (χ1) is 13.5. The van der Waals surface area contributed by atoms with Crippen LogP contribution in [0.4, 0.5) is 5.69 Å². The van der Waals surface area contributed by atoms with Crippen molar-refractivity contribution in [3.8, 4) is 0 Å². The van der Waals surface area contributed by atoms with Gasteiger partial charge in [0.2, 0.25) is 5.91 Å². The number of anilines is 1. The van der Waals surface area contributed by atoms with Gasteiger partial charge >= 0.3 is 5.97 Å². The Morgan fingerprint density at radius 3 is 2.54 bits per heavy atom. The van der Waals surface area contributed by atoms with Crippen LogP contribution in [0.25, 0.3) is 0 Å². The van der Waals surface area contributed by atoms with E-state index in [9.17, 15) is 9.59 Å². The van der Waals surface area contributed by atoms with Crippen LogP contribution in [0, 0.1) is 11.3 Å². The number of methoxy groups -OCH3 is 1. The number of nitrogen functional groups attached to an aromatic ring is 1. The number of carbonyl (C=O) groups excluding carboxylic acids is 2. The average molecular weight is 387 g/mol. The summed E-state index contributed by atoms with van der Waals surface area (Å²) in [5.74, 6) is -0.529. The summed E-state index contributed by atoms with van der Waals surface area (Å²) in [4.78, 5) is 28.1. The molecule has 1 aromatic carbocycles. The van der Waals surface area contributed by atoms with Crippen molar-refractivity contribution in [2.24, 2.45) is 11.7 Å². The maximum absolute atomic E-state index is 12.0. The van der Waals surface area contributed by atoms with Gasteiger partial charge in [0.05, 0.1) is 19.4 Å². The Kier molecular flexibility index (Phi) is 6.51. The van der Waals surface area contributed by atoms with Crippen molar-refractivity contribution in [1.82, 2.24) is 10.2 Å². The van der Waals surface area contributed by atoms with Crippen LogP contribution in [0.5, 0.6) is 0 Å². The molecule has 8 heteroatoms. The van der Waals surface area contributed by atoms with Crippen molar-refractivity contribution in [1.29, 1.82) is 5.41 Å². The van der Waals surface area contributed by atoms with Gasteiger partial charge < -0.3 is 20.7 Å². The van der Waals surface area contributed by atoms with E-state index in [0.29, 0.717) is 6.42 Å². The number of piperazine rings is 1. The monoisotopic (exact) mass is 387 g/mol. The topological polar surface area (TPSA) is 112 Å². The first-order valence-electron chi connectivity index (χ1n) is 9.75. The standard InChI is InChI=1S/C20H29N5O3/c1-28-18(26)13-15-12-16(23-20(15)27)6-7-24-8-10-25(11-9-24)17-4-2-14(3-5-17)19(21)22/h2-5,15-16H,6-13H2,1H3,(H3,21,22)(H,23,27)/t15-,16+/m0/s1. The molecule has 28 heavy (non-hydrogen) atoms. The van der Waals surface area contributed by atoms with E-state index in [4.69, 9.17) is 11.1 Å². The largest absolute Gasteiger partial charge is 0.469 e. The van der Waals surface area contributed by atoms with E-state index >= 15 is 0 Å². The lowest BCUT2D eigenvalue weighted by atomic mass is 10.00. The van der Waals surface area contributed by atoms with Gasteiger partial charge in [0.15, 0.2) is 0 Å². The predicted octanol–water partition coefficient (Wildman–Crippen LogP) is 0.551. The minimum absolute atomic E-state index is 0.0331. The number of esters is 1. The molecule has 0 radical (unpaired) electrons. The zero-order valence-corrected chi connectivity index (χ0v) is 16.3. The van der Waals surface area contributed by atoms with Crippen molar-refractivity contribution in [2.75, 3.05) is 44.7 Å². The van der Waals surface area contributed by atoms with Gasteiger partial charge in [-0.25, -0.2) is 0 Å². The minimum atomic E-state index is -0.326. The van der Waals surface area contributed by atoms with Gasteiger partial charge in [-0.3, -0.25) is 19.9 Å². The molecule has 2 saturated heterocycles. The van der Waals surface area contributed by atoms with Gasteiger partial charge in [-0.05, 0) is 37.1 Å². The Bertz CT molecular complexity index is 713. The lowest BCUT2D eigenvalue weighted by Gasteiger charge is -2.36. The number of nitrogens with one attached hydrogen (secondary N) is 2. The molecule has 0 bridgehead atoms. The quantitative estimate of drug-likeness (QED) is 0.358. The maximum atomic E-state index is 12.0. The Morgan fingerprint density at radius 1 is 1.25 bits per heavy atom. The third-order valence-electron chi connectivity index (χ3n) is 5.64. The summed E-state index contributed by atoms with van der Waals surface area (Å²) >= 11 is 0. The SMILES string of the molecule is COC(=O)C[C@@H]1C[C@@H](CCN2CCN(c3ccc(C(=N)N)cc3)CC2)NC1=O. The normalized spacial score (nSPS) is 22.8. The first kappa shape index (κ1) is 20.1. The highest BCUT2D eigenvalue weighted by atomic mass is 16.5. The van der Waals surface area contributed by atoms with Gasteiger partial charge in [0.25, 0.3) is 0 Å². The van der Waals surface area contributed by atoms with Gasteiger partial charge in [-0.15, -0.1) is 0 Å². The van der Waals surface area contributed by atoms with E-state index in [0.717, 1.165) is 50.4 Å². The molecule has 152 valence electrons. The number of rotatable bonds is 7. The van der Waals surface area contributed by atoms with Gasteiger partial charge in [-0.1, -0.05) is 0 Å². The van der Waals surface area contributed by atoms with E-state index < -0.39 is 0 Å². The molecule has 1 amide bonds. The van der Waals surface area contributed by atoms with Gasteiger partial charge in [-0.2, -0.15) is 0 Å². The van der Waals surface area contributed by atoms with Crippen LogP contribution in [0.2, 0.25) is 0 Å². The number of benzene rings is 1. The van der Waals surface area contributed by atoms with E-state index in [1.165, 1.54) is 7.11 Å². The number of hydrogen-bond donors (Lipinski definition) is 3. The maximum Gasteiger partial charge on any atom is 0.306 e. The Hall–Kier alpha value is -2.61. The summed E-state index contributed by atoms with van der Waals surface area (Å²) < 4.78 is 4.67. The second-order valence-electron chi connectivity index (χ2n) is 7.50. The number of carbonyl (C=O) groups is 2. The van der Waals surface area contributed by atoms with Crippen molar-refractivity contribution in [2.45, 2.75) is 25.3 Å². The highest BCUT2D eigenvalue weighted by Crippen LogP contribution is 2.22. The molecular formula is C20H29N5O3. The van der Waals surface area contributed by atoms with Crippen molar-refractivity contribution in [3.05, 3.63) is 29.8 Å². The molecule has 2 atom stereocenters. The zero-order valence-electron chi connectivity index (χ0n) is 16.3. The van der Waals surface area contributed by atoms with Gasteiger partial charge in [0.1, 0.15) is 5.84 Å². The first-order valence-corrected chi connectivity index (χ1v) is 9.75.